The van der Waals surface area contributed by atoms with Crippen molar-refractivity contribution >= 4 is 22.7 Å². The second kappa shape index (κ2) is 5.44. The number of thioether (sulfide) groups is 1. The Kier molecular flexibility index (Phi) is 4.15. The summed E-state index contributed by atoms with van der Waals surface area (Å²) in [7, 11) is 0. The summed E-state index contributed by atoms with van der Waals surface area (Å²) in [6.45, 7) is 2.51. The van der Waals surface area contributed by atoms with Crippen LogP contribution in [-0.2, 0) is 4.79 Å². The van der Waals surface area contributed by atoms with Gasteiger partial charge in [-0.3, -0.25) is 4.79 Å². The monoisotopic (exact) mass is 319 g/mol. The highest BCUT2D eigenvalue weighted by atomic mass is 32.2. The van der Waals surface area contributed by atoms with Crippen LogP contribution in [0.25, 0.3) is 0 Å². The minimum absolute atomic E-state index is 0.0931. The van der Waals surface area contributed by atoms with Crippen molar-refractivity contribution in [2.45, 2.75) is 37.1 Å². The largest absolute Gasteiger partial charge is 0.412 e. The van der Waals surface area contributed by atoms with E-state index in [1.807, 2.05) is 0 Å². The normalized spacial score (nSPS) is 24.1. The van der Waals surface area contributed by atoms with Gasteiger partial charge in [-0.25, -0.2) is 9.38 Å². The van der Waals surface area contributed by atoms with E-state index in [0.717, 1.165) is 6.92 Å². The molecule has 1 aliphatic heterocycles. The summed E-state index contributed by atoms with van der Waals surface area (Å²) in [4.78, 5) is 15.0. The van der Waals surface area contributed by atoms with Crippen molar-refractivity contribution in [1.82, 2.24) is 0 Å². The third-order valence-electron chi connectivity index (χ3n) is 3.41. The van der Waals surface area contributed by atoms with Gasteiger partial charge in [0.2, 0.25) is 0 Å². The second-order valence-corrected chi connectivity index (χ2v) is 6.56. The Morgan fingerprint density at radius 1 is 1.33 bits per heavy atom. The zero-order valence-electron chi connectivity index (χ0n) is 11.4. The summed E-state index contributed by atoms with van der Waals surface area (Å²) >= 11 is 0.410. The molecule has 1 unspecified atom stereocenters. The number of alkyl halides is 3. The predicted molar refractivity (Wildman–Crippen MR) is 73.9 cm³/mol. The molecule has 1 aliphatic rings. The van der Waals surface area contributed by atoms with Crippen LogP contribution in [0.5, 0.6) is 0 Å². The summed E-state index contributed by atoms with van der Waals surface area (Å²) in [5, 5.41) is 0.0931. The Morgan fingerprint density at radius 2 is 1.95 bits per heavy atom. The van der Waals surface area contributed by atoms with Crippen molar-refractivity contribution in [3.8, 4) is 0 Å². The highest BCUT2D eigenvalue weighted by molar-refractivity contribution is 8.16. The molecule has 1 amide bonds. The molecule has 114 valence electrons. The first kappa shape index (κ1) is 16.0. The molecular formula is C14H13F4NOS. The number of halogens is 4. The average molecular weight is 319 g/mol. The Labute approximate surface area is 123 Å². The van der Waals surface area contributed by atoms with Crippen LogP contribution >= 0.6 is 11.8 Å². The van der Waals surface area contributed by atoms with E-state index in [-0.39, 0.29) is 17.4 Å². The van der Waals surface area contributed by atoms with Crippen LogP contribution in [0.4, 0.5) is 17.6 Å². The van der Waals surface area contributed by atoms with Crippen LogP contribution in [0.2, 0.25) is 0 Å². The molecule has 0 spiro atoms. The molecule has 1 heterocycles. The van der Waals surface area contributed by atoms with Crippen molar-refractivity contribution < 1.29 is 22.4 Å². The van der Waals surface area contributed by atoms with Crippen LogP contribution in [0.3, 0.4) is 0 Å². The van der Waals surface area contributed by atoms with E-state index in [9.17, 15) is 22.4 Å². The van der Waals surface area contributed by atoms with Crippen molar-refractivity contribution in [3.05, 3.63) is 35.6 Å². The van der Waals surface area contributed by atoms with Gasteiger partial charge in [-0.15, -0.1) is 0 Å². The molecule has 2 nitrogen and oxygen atoms in total. The van der Waals surface area contributed by atoms with Crippen molar-refractivity contribution in [2.24, 2.45) is 4.99 Å². The van der Waals surface area contributed by atoms with E-state index in [0.29, 0.717) is 17.3 Å². The quantitative estimate of drug-likeness (QED) is 0.777. The lowest BCUT2D eigenvalue weighted by molar-refractivity contribution is -0.165. The van der Waals surface area contributed by atoms with Gasteiger partial charge in [0.1, 0.15) is 5.82 Å². The van der Waals surface area contributed by atoms with E-state index in [1.54, 1.807) is 19.1 Å². The van der Waals surface area contributed by atoms with Crippen molar-refractivity contribution in [3.63, 3.8) is 0 Å². The molecule has 2 rings (SSSR count). The van der Waals surface area contributed by atoms with Crippen molar-refractivity contribution in [2.75, 3.05) is 0 Å². The Bertz CT molecular complexity index is 599. The lowest BCUT2D eigenvalue weighted by Crippen LogP contribution is -2.43. The first-order chi connectivity index (χ1) is 9.65. The summed E-state index contributed by atoms with van der Waals surface area (Å²) in [6.07, 6.45) is -4.57. The van der Waals surface area contributed by atoms with Crippen molar-refractivity contribution in [1.29, 1.82) is 0 Å². The molecule has 0 saturated carbocycles. The van der Waals surface area contributed by atoms with Crippen LogP contribution < -0.4 is 0 Å². The SMILES string of the molecule is C[C@H](CC1=NC(=O)C(C)(C(F)(F)F)S1)c1ccccc1F. The maximum absolute atomic E-state index is 13.6. The van der Waals surface area contributed by atoms with Gasteiger partial charge in [0.15, 0.2) is 4.75 Å². The van der Waals surface area contributed by atoms with Gasteiger partial charge < -0.3 is 0 Å². The molecule has 7 heteroatoms. The van der Waals surface area contributed by atoms with Gasteiger partial charge in [-0.05, 0) is 24.5 Å². The fourth-order valence-electron chi connectivity index (χ4n) is 2.04. The molecular weight excluding hydrogens is 306 g/mol. The van der Waals surface area contributed by atoms with Gasteiger partial charge in [0, 0.05) is 6.42 Å². The molecule has 0 bridgehead atoms. The number of hydrogen-bond donors (Lipinski definition) is 0. The summed E-state index contributed by atoms with van der Waals surface area (Å²) < 4.78 is 49.9. The number of hydrogen-bond acceptors (Lipinski definition) is 2. The second-order valence-electron chi connectivity index (χ2n) is 5.07. The molecule has 0 N–H and O–H groups in total. The predicted octanol–water partition coefficient (Wildman–Crippen LogP) is 4.31. The summed E-state index contributed by atoms with van der Waals surface area (Å²) in [5.74, 6) is -1.98. The molecule has 1 aromatic rings. The Morgan fingerprint density at radius 3 is 2.48 bits per heavy atom. The third-order valence-corrected chi connectivity index (χ3v) is 4.72. The fraction of sp³-hybridized carbons (Fsp3) is 0.429. The number of amides is 1. The fourth-order valence-corrected chi connectivity index (χ4v) is 3.22. The number of benzene rings is 1. The number of carbonyl (C=O) groups excluding carboxylic acids is 1. The average Bonchev–Trinajstić information content (AvgIpc) is 2.65. The van der Waals surface area contributed by atoms with E-state index in [2.05, 4.69) is 4.99 Å². The third kappa shape index (κ3) is 2.97. The molecule has 0 aromatic heterocycles. The summed E-state index contributed by atoms with van der Waals surface area (Å²) in [5.41, 5.74) is 0.397. The molecule has 0 radical (unpaired) electrons. The maximum atomic E-state index is 13.6. The lowest BCUT2D eigenvalue weighted by atomic mass is 9.98. The van der Waals surface area contributed by atoms with Gasteiger partial charge in [0.25, 0.3) is 5.91 Å². The highest BCUT2D eigenvalue weighted by Gasteiger charge is 2.60. The minimum atomic E-state index is -4.67. The van der Waals surface area contributed by atoms with Crippen LogP contribution in [0.1, 0.15) is 31.7 Å². The molecule has 0 fully saturated rings. The zero-order valence-corrected chi connectivity index (χ0v) is 12.2. The molecule has 2 atom stereocenters. The number of aliphatic imine (C=N–C) groups is 1. The topological polar surface area (TPSA) is 29.4 Å². The number of carbonyl (C=O) groups is 1. The van der Waals surface area contributed by atoms with E-state index in [4.69, 9.17) is 0 Å². The van der Waals surface area contributed by atoms with E-state index in [1.165, 1.54) is 12.1 Å². The first-order valence-electron chi connectivity index (χ1n) is 6.27. The van der Waals surface area contributed by atoms with Crippen LogP contribution in [-0.4, -0.2) is 21.9 Å². The van der Waals surface area contributed by atoms with E-state index >= 15 is 0 Å². The minimum Gasteiger partial charge on any atom is -0.271 e. The number of nitrogens with zero attached hydrogens (tertiary/aromatic N) is 1. The van der Waals surface area contributed by atoms with Crippen LogP contribution in [0, 0.1) is 5.82 Å². The highest BCUT2D eigenvalue weighted by Crippen LogP contribution is 2.47. The van der Waals surface area contributed by atoms with Gasteiger partial charge >= 0.3 is 6.18 Å². The lowest BCUT2D eigenvalue weighted by Gasteiger charge is -2.23. The van der Waals surface area contributed by atoms with Gasteiger partial charge in [0.05, 0.1) is 5.04 Å². The number of rotatable bonds is 3. The van der Waals surface area contributed by atoms with Gasteiger partial charge in [-0.2, -0.15) is 13.2 Å². The first-order valence-corrected chi connectivity index (χ1v) is 7.09. The van der Waals surface area contributed by atoms with E-state index < -0.39 is 22.6 Å². The smallest absolute Gasteiger partial charge is 0.271 e. The standard InChI is InChI=1S/C14H13F4NOS/c1-8(9-5-3-4-6-10(9)15)7-11-19-12(20)13(2,21-11)14(16,17)18/h3-6,8H,7H2,1-2H3/t8-,13?/m1/s1. The Hall–Kier alpha value is -1.37. The zero-order chi connectivity index (χ0) is 15.8. The maximum Gasteiger partial charge on any atom is 0.412 e. The molecule has 1 aromatic carbocycles. The van der Waals surface area contributed by atoms with Gasteiger partial charge in [-0.1, -0.05) is 36.9 Å². The molecule has 21 heavy (non-hydrogen) atoms. The Balaban J connectivity index is 2.14. The molecule has 0 saturated heterocycles. The summed E-state index contributed by atoms with van der Waals surface area (Å²) in [6, 6.07) is 6.06. The molecule has 0 aliphatic carbocycles. The van der Waals surface area contributed by atoms with Crippen LogP contribution in [0.15, 0.2) is 29.3 Å².